The Morgan fingerprint density at radius 1 is 1.08 bits per heavy atom. The number of amides is 2. The summed E-state index contributed by atoms with van der Waals surface area (Å²) >= 11 is 1.38. The van der Waals surface area contributed by atoms with E-state index in [1.165, 1.54) is 30.0 Å². The number of piperidine rings is 1. The van der Waals surface area contributed by atoms with Gasteiger partial charge in [-0.15, -0.1) is 11.3 Å². The Morgan fingerprint density at radius 2 is 1.81 bits per heavy atom. The van der Waals surface area contributed by atoms with Crippen molar-refractivity contribution < 1.29 is 22.7 Å². The zero-order valence-electron chi connectivity index (χ0n) is 21.1. The number of anilines is 1. The van der Waals surface area contributed by atoms with Crippen molar-refractivity contribution in [2.45, 2.75) is 93.1 Å². The molecular weight excluding hydrogens is 512 g/mol. The quantitative estimate of drug-likeness (QED) is 0.526. The van der Waals surface area contributed by atoms with Gasteiger partial charge in [-0.1, -0.05) is 25.3 Å². The molecule has 1 N–H and O–H groups in total. The van der Waals surface area contributed by atoms with Crippen LogP contribution in [0.2, 0.25) is 0 Å². The number of likely N-dealkylation sites (tertiary alicyclic amines) is 1. The molecule has 3 heterocycles. The number of hydrogen-bond donors (Lipinski definition) is 1. The summed E-state index contributed by atoms with van der Waals surface area (Å²) in [7, 11) is -3.40. The number of pyridine rings is 1. The average Bonchev–Trinajstić information content (AvgIpc) is 3.68. The highest BCUT2D eigenvalue weighted by molar-refractivity contribution is 7.92. The van der Waals surface area contributed by atoms with Crippen LogP contribution in [0, 0.1) is 0 Å². The molecule has 1 saturated heterocycles. The molecule has 0 aromatic carbocycles. The van der Waals surface area contributed by atoms with Gasteiger partial charge in [-0.3, -0.25) is 14.9 Å². The van der Waals surface area contributed by atoms with Crippen molar-refractivity contribution in [1.82, 2.24) is 14.9 Å². The number of nitrogens with one attached hydrogen (secondary N) is 1. The molecule has 5 rings (SSSR count). The number of sulfone groups is 1. The molecule has 1 atom stereocenters. The maximum atomic E-state index is 13.4. The van der Waals surface area contributed by atoms with E-state index in [9.17, 15) is 18.0 Å². The highest BCUT2D eigenvalue weighted by Crippen LogP contribution is 2.34. The lowest BCUT2D eigenvalue weighted by atomic mass is 9.94. The molecule has 2 amide bonds. The molecule has 0 bridgehead atoms. The van der Waals surface area contributed by atoms with E-state index in [4.69, 9.17) is 4.74 Å². The van der Waals surface area contributed by atoms with Gasteiger partial charge in [0.15, 0.2) is 26.1 Å². The Labute approximate surface area is 221 Å². The van der Waals surface area contributed by atoms with Crippen LogP contribution in [0.3, 0.4) is 0 Å². The van der Waals surface area contributed by atoms with Gasteiger partial charge in [-0.2, -0.15) is 0 Å². The van der Waals surface area contributed by atoms with E-state index in [0.29, 0.717) is 23.5 Å². The summed E-state index contributed by atoms with van der Waals surface area (Å²) in [4.78, 5) is 35.8. The third kappa shape index (κ3) is 6.21. The molecular formula is C26H34N4O5S2. The lowest BCUT2D eigenvalue weighted by Gasteiger charge is -2.30. The molecule has 11 heteroatoms. The van der Waals surface area contributed by atoms with E-state index in [-0.39, 0.29) is 34.1 Å². The van der Waals surface area contributed by atoms with Gasteiger partial charge in [0, 0.05) is 43.1 Å². The molecule has 9 nitrogen and oxygen atoms in total. The van der Waals surface area contributed by atoms with Gasteiger partial charge < -0.3 is 9.64 Å². The Kier molecular flexibility index (Phi) is 7.92. The van der Waals surface area contributed by atoms with E-state index in [2.05, 4.69) is 15.3 Å². The van der Waals surface area contributed by atoms with E-state index in [0.717, 1.165) is 57.3 Å². The topological polar surface area (TPSA) is 119 Å². The van der Waals surface area contributed by atoms with Crippen LogP contribution in [0.15, 0.2) is 28.7 Å². The maximum absolute atomic E-state index is 13.4. The minimum atomic E-state index is -3.40. The number of nitrogens with zero attached hydrogens (tertiary/aromatic N) is 3. The average molecular weight is 547 g/mol. The number of carbonyl (C=O) groups excluding carboxylic acids is 2. The monoisotopic (exact) mass is 546 g/mol. The normalized spacial score (nSPS) is 20.5. The van der Waals surface area contributed by atoms with Crippen molar-refractivity contribution in [3.05, 3.63) is 35.0 Å². The fourth-order valence-corrected chi connectivity index (χ4v) is 7.49. The number of aromatic nitrogens is 2. The second-order valence-corrected chi connectivity index (χ2v) is 13.3. The summed E-state index contributed by atoms with van der Waals surface area (Å²) in [5, 5.41) is 5.12. The summed E-state index contributed by atoms with van der Waals surface area (Å²) < 4.78 is 31.4. The standard InChI is InChI=1S/C26H34N4O5S2/c1-17(31)30-13-11-18(12-14-30)22-16-36-26(28-22)29-25(32)24(35-20-5-3-2-4-6-20)19-7-10-23(27-15-19)37(33,34)21-8-9-21/h7,10,15-16,18,20-21,24H,2-6,8-9,11-14H2,1H3,(H,28,29,32). The number of rotatable bonds is 8. The lowest BCUT2D eigenvalue weighted by molar-refractivity contribution is -0.133. The van der Waals surface area contributed by atoms with E-state index < -0.39 is 15.9 Å². The van der Waals surface area contributed by atoms with Gasteiger partial charge in [0.25, 0.3) is 5.91 Å². The van der Waals surface area contributed by atoms with Crippen molar-refractivity contribution in [1.29, 1.82) is 0 Å². The Balaban J connectivity index is 1.29. The van der Waals surface area contributed by atoms with E-state index in [1.807, 2.05) is 10.3 Å². The second kappa shape index (κ2) is 11.2. The molecule has 2 saturated carbocycles. The molecule has 2 aliphatic carbocycles. The van der Waals surface area contributed by atoms with Crippen LogP contribution >= 0.6 is 11.3 Å². The van der Waals surface area contributed by atoms with Gasteiger partial charge >= 0.3 is 0 Å². The van der Waals surface area contributed by atoms with Crippen LogP contribution in [-0.2, 0) is 24.2 Å². The third-order valence-electron chi connectivity index (χ3n) is 7.55. The van der Waals surface area contributed by atoms with Crippen LogP contribution in [-0.4, -0.2) is 59.5 Å². The predicted octanol–water partition coefficient (Wildman–Crippen LogP) is 4.23. The molecule has 0 radical (unpaired) electrons. The molecule has 2 aromatic heterocycles. The van der Waals surface area contributed by atoms with Gasteiger partial charge in [0.05, 0.1) is 17.0 Å². The van der Waals surface area contributed by atoms with Crippen molar-refractivity contribution in [2.24, 2.45) is 0 Å². The van der Waals surface area contributed by atoms with Crippen LogP contribution < -0.4 is 5.32 Å². The van der Waals surface area contributed by atoms with Crippen LogP contribution in [0.4, 0.5) is 5.13 Å². The molecule has 0 spiro atoms. The molecule has 2 aromatic rings. The lowest BCUT2D eigenvalue weighted by Crippen LogP contribution is -2.36. The van der Waals surface area contributed by atoms with Gasteiger partial charge in [0.1, 0.15) is 0 Å². The summed E-state index contributed by atoms with van der Waals surface area (Å²) in [6.07, 6.45) is 8.66. The summed E-state index contributed by atoms with van der Waals surface area (Å²) in [5.74, 6) is 0.0239. The molecule has 3 fully saturated rings. The van der Waals surface area contributed by atoms with Crippen molar-refractivity contribution in [3.8, 4) is 0 Å². The first-order chi connectivity index (χ1) is 17.8. The zero-order chi connectivity index (χ0) is 26.0. The number of thiazole rings is 1. The largest absolute Gasteiger partial charge is 0.360 e. The minimum Gasteiger partial charge on any atom is -0.360 e. The van der Waals surface area contributed by atoms with Crippen molar-refractivity contribution >= 4 is 38.1 Å². The third-order valence-corrected chi connectivity index (χ3v) is 10.5. The maximum Gasteiger partial charge on any atom is 0.259 e. The molecule has 3 aliphatic rings. The van der Waals surface area contributed by atoms with E-state index in [1.54, 1.807) is 13.0 Å². The second-order valence-electron chi connectivity index (χ2n) is 10.3. The van der Waals surface area contributed by atoms with Crippen LogP contribution in [0.25, 0.3) is 0 Å². The van der Waals surface area contributed by atoms with Crippen molar-refractivity contribution in [3.63, 3.8) is 0 Å². The first-order valence-corrected chi connectivity index (χ1v) is 15.6. The van der Waals surface area contributed by atoms with Crippen LogP contribution in [0.1, 0.15) is 88.0 Å². The first kappa shape index (κ1) is 26.2. The van der Waals surface area contributed by atoms with Crippen molar-refractivity contribution in [2.75, 3.05) is 18.4 Å². The van der Waals surface area contributed by atoms with Gasteiger partial charge in [-0.25, -0.2) is 18.4 Å². The SMILES string of the molecule is CC(=O)N1CCC(c2csc(NC(=O)C(OC3CCCCC3)c3ccc(S(=O)(=O)C4CC4)nc3)n2)CC1. The molecule has 200 valence electrons. The Bertz CT molecular complexity index is 1210. The highest BCUT2D eigenvalue weighted by Gasteiger charge is 2.38. The summed E-state index contributed by atoms with van der Waals surface area (Å²) in [6, 6.07) is 3.13. The summed E-state index contributed by atoms with van der Waals surface area (Å²) in [5.41, 5.74) is 1.47. The Hall–Kier alpha value is -2.37. The fraction of sp³-hybridized carbons (Fsp3) is 0.615. The highest BCUT2D eigenvalue weighted by atomic mass is 32.2. The molecule has 1 unspecified atom stereocenters. The first-order valence-electron chi connectivity index (χ1n) is 13.2. The van der Waals surface area contributed by atoms with Gasteiger partial charge in [0.2, 0.25) is 5.91 Å². The Morgan fingerprint density at radius 3 is 2.43 bits per heavy atom. The molecule has 37 heavy (non-hydrogen) atoms. The number of carbonyl (C=O) groups is 2. The van der Waals surface area contributed by atoms with Gasteiger partial charge in [-0.05, 0) is 44.6 Å². The zero-order valence-corrected chi connectivity index (χ0v) is 22.7. The van der Waals surface area contributed by atoms with Crippen LogP contribution in [0.5, 0.6) is 0 Å². The molecule has 1 aliphatic heterocycles. The predicted molar refractivity (Wildman–Crippen MR) is 140 cm³/mol. The number of hydrogen-bond acceptors (Lipinski definition) is 8. The minimum absolute atomic E-state index is 0.0299. The van der Waals surface area contributed by atoms with E-state index >= 15 is 0 Å². The number of ether oxygens (including phenoxy) is 1. The smallest absolute Gasteiger partial charge is 0.259 e. The fourth-order valence-electron chi connectivity index (χ4n) is 5.14. The summed E-state index contributed by atoms with van der Waals surface area (Å²) in [6.45, 7) is 3.03.